The number of ether oxygens (including phenoxy) is 4. The van der Waals surface area contributed by atoms with E-state index in [-0.39, 0.29) is 5.91 Å². The van der Waals surface area contributed by atoms with Crippen molar-refractivity contribution in [2.24, 2.45) is 0 Å². The predicted molar refractivity (Wildman–Crippen MR) is 105 cm³/mol. The van der Waals surface area contributed by atoms with Gasteiger partial charge in [-0.1, -0.05) is 22.0 Å². The molecule has 0 fully saturated rings. The van der Waals surface area contributed by atoms with Gasteiger partial charge < -0.3 is 24.3 Å². The third-order valence-electron chi connectivity index (χ3n) is 4.24. The summed E-state index contributed by atoms with van der Waals surface area (Å²) in [6, 6.07) is 9.37. The number of amides is 1. The summed E-state index contributed by atoms with van der Waals surface area (Å²) in [5.74, 6) is 2.71. The van der Waals surface area contributed by atoms with Crippen molar-refractivity contribution in [3.05, 3.63) is 45.9 Å². The highest BCUT2D eigenvalue weighted by Gasteiger charge is 2.14. The van der Waals surface area contributed by atoms with E-state index in [1.807, 2.05) is 30.3 Å². The number of hydrogen-bond donors (Lipinski definition) is 1. The molecular formula is C20H22BrNO5. The van der Waals surface area contributed by atoms with Crippen LogP contribution in [0.25, 0.3) is 0 Å². The van der Waals surface area contributed by atoms with Crippen molar-refractivity contribution in [2.45, 2.75) is 12.8 Å². The Bertz CT molecular complexity index is 824. The molecule has 3 rings (SSSR count). The molecule has 0 aliphatic carbocycles. The normalized spacial score (nSPS) is 12.4. The molecule has 1 heterocycles. The zero-order chi connectivity index (χ0) is 19.2. The Morgan fingerprint density at radius 3 is 2.52 bits per heavy atom. The minimum atomic E-state index is -0.0386. The molecule has 6 nitrogen and oxygen atoms in total. The van der Waals surface area contributed by atoms with Gasteiger partial charge in [-0.15, -0.1) is 0 Å². The third-order valence-corrected chi connectivity index (χ3v) is 4.98. The second-order valence-electron chi connectivity index (χ2n) is 6.05. The van der Waals surface area contributed by atoms with Gasteiger partial charge in [0.15, 0.2) is 23.0 Å². The molecule has 0 saturated heterocycles. The summed E-state index contributed by atoms with van der Waals surface area (Å²) in [6.07, 6.45) is 0.970. The van der Waals surface area contributed by atoms with Crippen molar-refractivity contribution >= 4 is 21.8 Å². The summed E-state index contributed by atoms with van der Waals surface area (Å²) in [7, 11) is 3.20. The van der Waals surface area contributed by atoms with Gasteiger partial charge in [-0.3, -0.25) is 4.79 Å². The molecule has 144 valence electrons. The Hall–Kier alpha value is -2.41. The number of halogens is 1. The van der Waals surface area contributed by atoms with Crippen LogP contribution in [0.3, 0.4) is 0 Å². The van der Waals surface area contributed by atoms with Crippen molar-refractivity contribution in [2.75, 3.05) is 34.0 Å². The molecule has 27 heavy (non-hydrogen) atoms. The number of benzene rings is 2. The number of methoxy groups -OCH3 is 2. The third kappa shape index (κ3) is 4.86. The lowest BCUT2D eigenvalue weighted by atomic mass is 10.1. The zero-order valence-corrected chi connectivity index (χ0v) is 16.9. The van der Waals surface area contributed by atoms with E-state index >= 15 is 0 Å². The second kappa shape index (κ2) is 8.99. The minimum absolute atomic E-state index is 0.0386. The number of carbonyl (C=O) groups is 1. The molecule has 0 unspecified atom stereocenters. The van der Waals surface area contributed by atoms with E-state index in [0.717, 1.165) is 21.3 Å². The van der Waals surface area contributed by atoms with E-state index in [0.29, 0.717) is 49.8 Å². The fraction of sp³-hybridized carbons (Fsp3) is 0.350. The number of rotatable bonds is 7. The van der Waals surface area contributed by atoms with Gasteiger partial charge in [0.1, 0.15) is 13.2 Å². The Balaban J connectivity index is 1.54. The molecule has 1 amide bonds. The first kappa shape index (κ1) is 19.4. The van der Waals surface area contributed by atoms with Crippen LogP contribution in [0.4, 0.5) is 0 Å². The highest BCUT2D eigenvalue weighted by atomic mass is 79.9. The van der Waals surface area contributed by atoms with E-state index in [1.54, 1.807) is 14.2 Å². The van der Waals surface area contributed by atoms with Crippen molar-refractivity contribution in [1.82, 2.24) is 5.32 Å². The van der Waals surface area contributed by atoms with E-state index in [2.05, 4.69) is 21.2 Å². The molecule has 0 radical (unpaired) electrons. The van der Waals surface area contributed by atoms with Crippen molar-refractivity contribution in [3.63, 3.8) is 0 Å². The molecule has 0 bridgehead atoms. The lowest BCUT2D eigenvalue weighted by Crippen LogP contribution is -2.27. The summed E-state index contributed by atoms with van der Waals surface area (Å²) in [5, 5.41) is 2.95. The molecule has 0 spiro atoms. The highest BCUT2D eigenvalue weighted by molar-refractivity contribution is 9.10. The summed E-state index contributed by atoms with van der Waals surface area (Å²) in [4.78, 5) is 12.2. The first-order valence-electron chi connectivity index (χ1n) is 8.66. The van der Waals surface area contributed by atoms with E-state index in [1.165, 1.54) is 0 Å². The number of hydrogen-bond acceptors (Lipinski definition) is 5. The standard InChI is InChI=1S/C20H22BrNO5/c1-24-17-11-14(15(21)12-18(17)25-2)5-6-22-20(23)10-13-3-4-16-19(9-13)27-8-7-26-16/h3-4,9,11-12H,5-8,10H2,1-2H3,(H,22,23). The topological polar surface area (TPSA) is 66.0 Å². The molecule has 0 saturated carbocycles. The summed E-state index contributed by atoms with van der Waals surface area (Å²) < 4.78 is 22.6. The Labute approximate surface area is 166 Å². The van der Waals surface area contributed by atoms with Crippen LogP contribution in [0.1, 0.15) is 11.1 Å². The van der Waals surface area contributed by atoms with Crippen LogP contribution in [-0.2, 0) is 17.6 Å². The number of nitrogens with one attached hydrogen (secondary N) is 1. The fourth-order valence-electron chi connectivity index (χ4n) is 2.87. The van der Waals surface area contributed by atoms with E-state index in [9.17, 15) is 4.79 Å². The largest absolute Gasteiger partial charge is 0.493 e. The van der Waals surface area contributed by atoms with Crippen molar-refractivity contribution < 1.29 is 23.7 Å². The average molecular weight is 436 g/mol. The minimum Gasteiger partial charge on any atom is -0.493 e. The number of carbonyl (C=O) groups excluding carboxylic acids is 1. The predicted octanol–water partition coefficient (Wildman–Crippen LogP) is 3.14. The Morgan fingerprint density at radius 1 is 1.07 bits per heavy atom. The van der Waals surface area contributed by atoms with Crippen molar-refractivity contribution in [3.8, 4) is 23.0 Å². The molecule has 1 N–H and O–H groups in total. The smallest absolute Gasteiger partial charge is 0.224 e. The molecule has 2 aromatic carbocycles. The molecule has 1 aliphatic rings. The Morgan fingerprint density at radius 2 is 1.78 bits per heavy atom. The zero-order valence-electron chi connectivity index (χ0n) is 15.3. The van der Waals surface area contributed by atoms with Crippen LogP contribution in [0.2, 0.25) is 0 Å². The molecule has 0 aromatic heterocycles. The van der Waals surface area contributed by atoms with E-state index < -0.39 is 0 Å². The molecule has 7 heteroatoms. The maximum Gasteiger partial charge on any atom is 0.224 e. The second-order valence-corrected chi connectivity index (χ2v) is 6.91. The Kier molecular flexibility index (Phi) is 6.45. The van der Waals surface area contributed by atoms with Crippen LogP contribution >= 0.6 is 15.9 Å². The maximum absolute atomic E-state index is 12.2. The molecular weight excluding hydrogens is 414 g/mol. The van der Waals surface area contributed by atoms with Crippen LogP contribution in [0, 0.1) is 0 Å². The van der Waals surface area contributed by atoms with Gasteiger partial charge in [0.2, 0.25) is 5.91 Å². The lowest BCUT2D eigenvalue weighted by Gasteiger charge is -2.18. The fourth-order valence-corrected chi connectivity index (χ4v) is 3.39. The van der Waals surface area contributed by atoms with Gasteiger partial charge >= 0.3 is 0 Å². The maximum atomic E-state index is 12.2. The van der Waals surface area contributed by atoms with Crippen LogP contribution in [0.5, 0.6) is 23.0 Å². The lowest BCUT2D eigenvalue weighted by molar-refractivity contribution is -0.120. The van der Waals surface area contributed by atoms with Crippen LogP contribution in [-0.4, -0.2) is 39.9 Å². The first-order chi connectivity index (χ1) is 13.1. The van der Waals surface area contributed by atoms with E-state index in [4.69, 9.17) is 18.9 Å². The highest BCUT2D eigenvalue weighted by Crippen LogP contribution is 2.33. The van der Waals surface area contributed by atoms with Crippen molar-refractivity contribution in [1.29, 1.82) is 0 Å². The molecule has 0 atom stereocenters. The summed E-state index contributed by atoms with van der Waals surface area (Å²) >= 11 is 3.53. The molecule has 2 aromatic rings. The first-order valence-corrected chi connectivity index (χ1v) is 9.45. The van der Waals surface area contributed by atoms with Gasteiger partial charge in [0.25, 0.3) is 0 Å². The monoisotopic (exact) mass is 435 g/mol. The van der Waals surface area contributed by atoms with Gasteiger partial charge in [-0.25, -0.2) is 0 Å². The summed E-state index contributed by atoms with van der Waals surface area (Å²) in [6.45, 7) is 1.61. The van der Waals surface area contributed by atoms with Crippen LogP contribution < -0.4 is 24.3 Å². The summed E-state index contributed by atoms with van der Waals surface area (Å²) in [5.41, 5.74) is 1.93. The van der Waals surface area contributed by atoms with Gasteiger partial charge in [0.05, 0.1) is 20.6 Å². The van der Waals surface area contributed by atoms with Crippen LogP contribution in [0.15, 0.2) is 34.8 Å². The van der Waals surface area contributed by atoms with Gasteiger partial charge in [0, 0.05) is 11.0 Å². The molecule has 1 aliphatic heterocycles. The SMILES string of the molecule is COc1cc(Br)c(CCNC(=O)Cc2ccc3c(c2)OCCO3)cc1OC. The van der Waals surface area contributed by atoms with Gasteiger partial charge in [-0.05, 0) is 41.8 Å². The quantitative estimate of drug-likeness (QED) is 0.723. The average Bonchev–Trinajstić information content (AvgIpc) is 2.68. The van der Waals surface area contributed by atoms with Gasteiger partial charge in [-0.2, -0.15) is 0 Å². The number of fused-ring (bicyclic) bond motifs is 1.